The van der Waals surface area contributed by atoms with E-state index in [1.165, 1.54) is 31.0 Å². The number of carbonyl (C=O) groups excluding carboxylic acids is 2. The van der Waals surface area contributed by atoms with Crippen molar-refractivity contribution in [2.24, 2.45) is 11.8 Å². The first-order valence-corrected chi connectivity index (χ1v) is 14.2. The first-order chi connectivity index (χ1) is 18.0. The van der Waals surface area contributed by atoms with Gasteiger partial charge in [-0.05, 0) is 68.2 Å². The zero-order valence-electron chi connectivity index (χ0n) is 20.8. The Labute approximate surface area is 226 Å². The summed E-state index contributed by atoms with van der Waals surface area (Å²) in [6, 6.07) is 9.39. The number of likely N-dealkylation sites (tertiary alicyclic amines) is 1. The van der Waals surface area contributed by atoms with E-state index in [1.54, 1.807) is 19.3 Å². The van der Waals surface area contributed by atoms with Crippen LogP contribution in [0.3, 0.4) is 0 Å². The molecule has 37 heavy (non-hydrogen) atoms. The Kier molecular flexibility index (Phi) is 6.75. The van der Waals surface area contributed by atoms with Crippen LogP contribution in [0.2, 0.25) is 0 Å². The highest BCUT2D eigenvalue weighted by molar-refractivity contribution is 8.26. The van der Waals surface area contributed by atoms with Crippen LogP contribution in [0.1, 0.15) is 44.3 Å². The number of methoxy groups -OCH3 is 1. The summed E-state index contributed by atoms with van der Waals surface area (Å²) < 4.78 is 18.0. The van der Waals surface area contributed by atoms with Crippen LogP contribution in [0.4, 0.5) is 0 Å². The van der Waals surface area contributed by atoms with Crippen LogP contribution in [-0.4, -0.2) is 58.8 Å². The van der Waals surface area contributed by atoms with Crippen LogP contribution in [0.5, 0.6) is 11.5 Å². The molecule has 2 aromatic rings. The third-order valence-corrected chi connectivity index (χ3v) is 9.31. The molecule has 6 rings (SSSR count). The van der Waals surface area contributed by atoms with Gasteiger partial charge in [-0.25, -0.2) is 0 Å². The van der Waals surface area contributed by atoms with Crippen molar-refractivity contribution in [3.63, 3.8) is 0 Å². The Morgan fingerprint density at radius 2 is 1.97 bits per heavy atom. The van der Waals surface area contributed by atoms with Crippen molar-refractivity contribution in [3.05, 3.63) is 41.0 Å². The minimum absolute atomic E-state index is 0.00904. The van der Waals surface area contributed by atoms with Crippen molar-refractivity contribution < 1.29 is 23.5 Å². The van der Waals surface area contributed by atoms with Crippen molar-refractivity contribution in [2.75, 3.05) is 26.8 Å². The molecule has 2 saturated carbocycles. The zero-order valence-corrected chi connectivity index (χ0v) is 22.4. The van der Waals surface area contributed by atoms with Gasteiger partial charge in [0.25, 0.3) is 11.8 Å². The van der Waals surface area contributed by atoms with Gasteiger partial charge in [-0.1, -0.05) is 30.4 Å². The summed E-state index contributed by atoms with van der Waals surface area (Å²) in [5, 5.41) is 0. The van der Waals surface area contributed by atoms with Gasteiger partial charge < -0.3 is 18.8 Å². The van der Waals surface area contributed by atoms with Crippen LogP contribution in [0.25, 0.3) is 17.4 Å². The van der Waals surface area contributed by atoms with Crippen molar-refractivity contribution in [1.82, 2.24) is 9.80 Å². The van der Waals surface area contributed by atoms with Gasteiger partial charge in [0.05, 0.1) is 12.0 Å². The van der Waals surface area contributed by atoms with Crippen molar-refractivity contribution >= 4 is 46.2 Å². The molecule has 1 aromatic carbocycles. The number of hydrogen-bond donors (Lipinski definition) is 0. The fourth-order valence-electron chi connectivity index (χ4n) is 6.13. The lowest BCUT2D eigenvalue weighted by molar-refractivity contribution is -0.132. The Morgan fingerprint density at radius 3 is 2.70 bits per heavy atom. The maximum absolute atomic E-state index is 13.3. The predicted octanol–water partition coefficient (Wildman–Crippen LogP) is 5.35. The van der Waals surface area contributed by atoms with Gasteiger partial charge in [0, 0.05) is 36.8 Å². The van der Waals surface area contributed by atoms with Gasteiger partial charge in [-0.15, -0.1) is 0 Å². The maximum atomic E-state index is 13.3. The number of thiocarbonyl (C=S) groups is 1. The van der Waals surface area contributed by atoms with Gasteiger partial charge in [0.1, 0.15) is 27.3 Å². The average Bonchev–Trinajstić information content (AvgIpc) is 3.73. The molecule has 2 amide bonds. The minimum Gasteiger partial charge on any atom is -0.497 e. The molecule has 194 valence electrons. The van der Waals surface area contributed by atoms with E-state index in [0.29, 0.717) is 38.2 Å². The Morgan fingerprint density at radius 1 is 1.16 bits per heavy atom. The Bertz CT molecular complexity index is 1270. The summed E-state index contributed by atoms with van der Waals surface area (Å²) in [4.78, 5) is 29.9. The smallest absolute Gasteiger partial charge is 0.266 e. The fourth-order valence-corrected chi connectivity index (χ4v) is 7.48. The van der Waals surface area contributed by atoms with Crippen LogP contribution < -0.4 is 9.47 Å². The second-order valence-corrected chi connectivity index (χ2v) is 11.9. The number of benzene rings is 1. The van der Waals surface area contributed by atoms with E-state index in [4.69, 9.17) is 26.1 Å². The molecule has 2 saturated heterocycles. The molecule has 0 spiro atoms. The largest absolute Gasteiger partial charge is 0.497 e. The summed E-state index contributed by atoms with van der Waals surface area (Å²) in [5.74, 6) is 3.64. The molecule has 4 fully saturated rings. The monoisotopic (exact) mass is 538 g/mol. The number of ether oxygens (including phenoxy) is 2. The lowest BCUT2D eigenvalue weighted by atomic mass is 9.94. The average molecular weight is 539 g/mol. The second-order valence-electron chi connectivity index (χ2n) is 10.3. The molecule has 0 radical (unpaired) electrons. The standard InChI is InChI=1S/C28H30N2O5S2/c1-33-21-12-19(13-22(14-21)34-16-26(31)29-8-2-3-9-29)24-7-6-20(35-24)15-25-27(32)30(28(36)37-25)23-11-17-4-5-18(23)10-17/h6-7,12-15,17-18,23H,2-5,8-11,16H2,1H3. The predicted molar refractivity (Wildman–Crippen MR) is 146 cm³/mol. The Balaban J connectivity index is 1.17. The summed E-state index contributed by atoms with van der Waals surface area (Å²) in [6.45, 7) is 1.57. The maximum Gasteiger partial charge on any atom is 0.266 e. The second kappa shape index (κ2) is 10.2. The molecule has 3 atom stereocenters. The molecule has 4 aliphatic rings. The molecule has 0 N–H and O–H groups in total. The van der Waals surface area contributed by atoms with E-state index in [0.717, 1.165) is 43.8 Å². The molecule has 9 heteroatoms. The van der Waals surface area contributed by atoms with Gasteiger partial charge in [0.15, 0.2) is 6.61 Å². The molecular weight excluding hydrogens is 508 g/mol. The van der Waals surface area contributed by atoms with Crippen LogP contribution >= 0.6 is 24.0 Å². The first-order valence-electron chi connectivity index (χ1n) is 13.0. The summed E-state index contributed by atoms with van der Waals surface area (Å²) in [7, 11) is 1.59. The van der Waals surface area contributed by atoms with E-state index in [1.807, 2.05) is 34.1 Å². The summed E-state index contributed by atoms with van der Waals surface area (Å²) in [6.07, 6.45) is 8.64. The number of hydrogen-bond acceptors (Lipinski definition) is 7. The van der Waals surface area contributed by atoms with Crippen molar-refractivity contribution in [1.29, 1.82) is 0 Å². The molecule has 7 nitrogen and oxygen atoms in total. The van der Waals surface area contributed by atoms with Crippen molar-refractivity contribution in [3.8, 4) is 22.8 Å². The lowest BCUT2D eigenvalue weighted by Gasteiger charge is -2.30. The van der Waals surface area contributed by atoms with Crippen LogP contribution in [0.15, 0.2) is 39.7 Å². The molecule has 1 aromatic heterocycles. The number of amides is 2. The van der Waals surface area contributed by atoms with Crippen molar-refractivity contribution in [2.45, 2.75) is 44.6 Å². The van der Waals surface area contributed by atoms with Crippen LogP contribution in [-0.2, 0) is 9.59 Å². The zero-order chi connectivity index (χ0) is 25.5. The molecule has 3 unspecified atom stereocenters. The van der Waals surface area contributed by atoms with E-state index in [2.05, 4.69) is 0 Å². The fraction of sp³-hybridized carbons (Fsp3) is 0.464. The summed E-state index contributed by atoms with van der Waals surface area (Å²) >= 11 is 6.96. The molecule has 3 heterocycles. The molecular formula is C28H30N2O5S2. The highest BCUT2D eigenvalue weighted by atomic mass is 32.2. The SMILES string of the molecule is COc1cc(OCC(=O)N2CCCC2)cc(-c2ccc(C=C3SC(=S)N(C4CC5CCC4C5)C3=O)o2)c1. The third kappa shape index (κ3) is 4.91. The van der Waals surface area contributed by atoms with Gasteiger partial charge in [-0.3, -0.25) is 14.5 Å². The first kappa shape index (κ1) is 24.6. The quantitative estimate of drug-likeness (QED) is 0.348. The number of fused-ring (bicyclic) bond motifs is 2. The number of rotatable bonds is 7. The molecule has 2 aliphatic carbocycles. The van der Waals surface area contributed by atoms with E-state index >= 15 is 0 Å². The molecule has 2 aliphatic heterocycles. The molecule has 2 bridgehead atoms. The number of furan rings is 1. The lowest BCUT2D eigenvalue weighted by Crippen LogP contribution is -2.41. The van der Waals surface area contributed by atoms with E-state index in [-0.39, 0.29) is 24.5 Å². The number of carbonyl (C=O) groups is 2. The minimum atomic E-state index is -0.0134. The van der Waals surface area contributed by atoms with Crippen LogP contribution in [0, 0.1) is 11.8 Å². The third-order valence-electron chi connectivity index (χ3n) is 7.98. The van der Waals surface area contributed by atoms with E-state index in [9.17, 15) is 9.59 Å². The highest BCUT2D eigenvalue weighted by Crippen LogP contribution is 2.49. The number of thioether (sulfide) groups is 1. The van der Waals surface area contributed by atoms with Gasteiger partial charge in [0.2, 0.25) is 0 Å². The van der Waals surface area contributed by atoms with Gasteiger partial charge >= 0.3 is 0 Å². The summed E-state index contributed by atoms with van der Waals surface area (Å²) in [5.41, 5.74) is 0.761. The van der Waals surface area contributed by atoms with E-state index < -0.39 is 0 Å². The normalized spacial score (nSPS) is 26.1. The van der Waals surface area contributed by atoms with Gasteiger partial charge in [-0.2, -0.15) is 0 Å². The Hall–Kier alpha value is -2.78. The number of nitrogens with zero attached hydrogens (tertiary/aromatic N) is 2. The highest BCUT2D eigenvalue weighted by Gasteiger charge is 2.48. The topological polar surface area (TPSA) is 72.2 Å².